The topological polar surface area (TPSA) is 67.5 Å². The summed E-state index contributed by atoms with van der Waals surface area (Å²) in [5.74, 6) is -0.653. The molecule has 0 aliphatic carbocycles. The third kappa shape index (κ3) is 4.19. The summed E-state index contributed by atoms with van der Waals surface area (Å²) >= 11 is 13.1. The molecule has 2 heterocycles. The fraction of sp³-hybridized carbons (Fsp3) is 0.0435. The molecule has 0 saturated carbocycles. The van der Waals surface area contributed by atoms with Crippen LogP contribution in [0.25, 0.3) is 21.8 Å². The molecule has 30 heavy (non-hydrogen) atoms. The maximum Gasteiger partial charge on any atom is 0.337 e. The van der Waals surface area contributed by atoms with Gasteiger partial charge in [-0.15, -0.1) is 11.3 Å². The number of furan rings is 1. The number of ketones is 1. The van der Waals surface area contributed by atoms with Crippen LogP contribution < -0.4 is 0 Å². The van der Waals surface area contributed by atoms with Crippen LogP contribution in [-0.2, 0) is 6.42 Å². The monoisotopic (exact) mass is 456 g/mol. The summed E-state index contributed by atoms with van der Waals surface area (Å²) in [7, 11) is 0. The Kier molecular flexibility index (Phi) is 5.77. The molecule has 2 aromatic carbocycles. The molecule has 0 aliphatic rings. The van der Waals surface area contributed by atoms with E-state index in [4.69, 9.17) is 27.6 Å². The number of hydrogen-bond acceptors (Lipinski definition) is 4. The zero-order chi connectivity index (χ0) is 21.3. The summed E-state index contributed by atoms with van der Waals surface area (Å²) in [5, 5.41) is 12.6. The van der Waals surface area contributed by atoms with Crippen LogP contribution >= 0.6 is 34.5 Å². The lowest BCUT2D eigenvalue weighted by Gasteiger charge is -2.04. The number of rotatable bonds is 6. The van der Waals surface area contributed by atoms with Crippen LogP contribution in [0.3, 0.4) is 0 Å². The van der Waals surface area contributed by atoms with Gasteiger partial charge in [0.2, 0.25) is 5.78 Å². The average Bonchev–Trinajstić information content (AvgIpc) is 3.37. The van der Waals surface area contributed by atoms with Crippen molar-refractivity contribution in [1.29, 1.82) is 0 Å². The van der Waals surface area contributed by atoms with Crippen molar-refractivity contribution in [2.24, 2.45) is 0 Å². The number of benzene rings is 2. The summed E-state index contributed by atoms with van der Waals surface area (Å²) in [6.45, 7) is 0. The second-order valence-electron chi connectivity index (χ2n) is 6.55. The minimum atomic E-state index is -1.08. The molecule has 0 bridgehead atoms. The van der Waals surface area contributed by atoms with Crippen molar-refractivity contribution in [2.75, 3.05) is 0 Å². The van der Waals surface area contributed by atoms with Crippen molar-refractivity contribution in [2.45, 2.75) is 6.42 Å². The van der Waals surface area contributed by atoms with Crippen molar-refractivity contribution >= 4 is 46.3 Å². The van der Waals surface area contributed by atoms with E-state index in [9.17, 15) is 14.7 Å². The molecule has 4 rings (SSSR count). The first-order chi connectivity index (χ1) is 14.4. The van der Waals surface area contributed by atoms with Crippen molar-refractivity contribution in [3.05, 3.63) is 93.0 Å². The minimum Gasteiger partial charge on any atom is -0.478 e. The number of carboxylic acid groups (broad SMARTS) is 1. The van der Waals surface area contributed by atoms with Crippen LogP contribution in [0.4, 0.5) is 0 Å². The molecule has 0 amide bonds. The molecular formula is C23H14Cl2O4S. The van der Waals surface area contributed by atoms with Crippen molar-refractivity contribution in [1.82, 2.24) is 0 Å². The van der Waals surface area contributed by atoms with Gasteiger partial charge in [-0.25, -0.2) is 4.79 Å². The Morgan fingerprint density at radius 1 is 0.867 bits per heavy atom. The van der Waals surface area contributed by atoms with Crippen LogP contribution in [-0.4, -0.2) is 16.9 Å². The van der Waals surface area contributed by atoms with E-state index in [0.717, 1.165) is 11.1 Å². The van der Waals surface area contributed by atoms with Crippen LogP contribution in [0, 0.1) is 0 Å². The Morgan fingerprint density at radius 3 is 2.07 bits per heavy atom. The van der Waals surface area contributed by atoms with E-state index in [2.05, 4.69) is 0 Å². The van der Waals surface area contributed by atoms with Gasteiger partial charge in [0.05, 0.1) is 5.56 Å². The van der Waals surface area contributed by atoms with E-state index < -0.39 is 5.97 Å². The largest absolute Gasteiger partial charge is 0.478 e. The van der Waals surface area contributed by atoms with Crippen LogP contribution in [0.2, 0.25) is 10.0 Å². The lowest BCUT2D eigenvalue weighted by molar-refractivity contribution is 0.0697. The van der Waals surface area contributed by atoms with Crippen LogP contribution in [0.15, 0.2) is 70.5 Å². The first-order valence-corrected chi connectivity index (χ1v) is 10.5. The third-order valence-corrected chi connectivity index (χ3v) is 6.13. The van der Waals surface area contributed by atoms with Crippen molar-refractivity contribution < 1.29 is 19.1 Å². The number of thiophene rings is 1. The second-order valence-corrected chi connectivity index (χ2v) is 8.30. The summed E-state index contributed by atoms with van der Waals surface area (Å²) in [6.07, 6.45) is -0.0701. The quantitative estimate of drug-likeness (QED) is 0.314. The highest BCUT2D eigenvalue weighted by molar-refractivity contribution is 7.14. The lowest BCUT2D eigenvalue weighted by Crippen LogP contribution is -2.07. The van der Waals surface area contributed by atoms with E-state index in [0.29, 0.717) is 26.2 Å². The van der Waals surface area contributed by atoms with Crippen LogP contribution in [0.1, 0.15) is 26.5 Å². The number of carboxylic acids is 1. The van der Waals surface area contributed by atoms with Gasteiger partial charge in [-0.3, -0.25) is 4.79 Å². The van der Waals surface area contributed by atoms with E-state index in [1.807, 2.05) is 0 Å². The van der Waals surface area contributed by atoms with E-state index >= 15 is 0 Å². The normalized spacial score (nSPS) is 10.9. The first-order valence-electron chi connectivity index (χ1n) is 8.91. The van der Waals surface area contributed by atoms with E-state index in [1.165, 1.54) is 11.3 Å². The molecule has 0 fully saturated rings. The SMILES string of the molecule is O=C(Cc1csc(-c2ccc(Cl)cc2)c1C(=O)O)c1ccc(-c2ccc(Cl)cc2)o1. The predicted octanol–water partition coefficient (Wildman–Crippen LogP) is 7.11. The van der Waals surface area contributed by atoms with Gasteiger partial charge in [-0.1, -0.05) is 35.3 Å². The van der Waals surface area contributed by atoms with E-state index in [-0.39, 0.29) is 23.5 Å². The number of aromatic carboxylic acids is 1. The zero-order valence-electron chi connectivity index (χ0n) is 15.4. The lowest BCUT2D eigenvalue weighted by atomic mass is 10.0. The van der Waals surface area contributed by atoms with Crippen LogP contribution in [0.5, 0.6) is 0 Å². The molecule has 0 unspecified atom stereocenters. The standard InChI is InChI=1S/C23H14Cl2O4S/c24-16-5-1-13(2-6-16)19-9-10-20(29-19)18(26)11-15-12-30-22(21(15)23(27)28)14-3-7-17(25)8-4-14/h1-10,12H,11H2,(H,27,28). The fourth-order valence-corrected chi connectivity index (χ4v) is 4.41. The van der Waals surface area contributed by atoms with Gasteiger partial charge < -0.3 is 9.52 Å². The van der Waals surface area contributed by atoms with Gasteiger partial charge in [0.15, 0.2) is 5.76 Å². The Balaban J connectivity index is 1.60. The van der Waals surface area contributed by atoms with Gasteiger partial charge >= 0.3 is 5.97 Å². The third-order valence-electron chi connectivity index (χ3n) is 4.55. The Bertz CT molecular complexity index is 1220. The molecule has 0 spiro atoms. The van der Waals surface area contributed by atoms with Crippen molar-refractivity contribution in [3.63, 3.8) is 0 Å². The molecule has 0 atom stereocenters. The first kappa shape index (κ1) is 20.4. The smallest absolute Gasteiger partial charge is 0.337 e. The highest BCUT2D eigenvalue weighted by Crippen LogP contribution is 2.34. The molecule has 4 aromatic rings. The zero-order valence-corrected chi connectivity index (χ0v) is 17.7. The molecule has 2 aromatic heterocycles. The molecule has 1 N–H and O–H groups in total. The Morgan fingerprint density at radius 2 is 1.47 bits per heavy atom. The number of halogens is 2. The highest BCUT2D eigenvalue weighted by atomic mass is 35.5. The number of Topliss-reactive ketones (excluding diaryl/α,β-unsaturated/α-hetero) is 1. The van der Waals surface area contributed by atoms with Gasteiger partial charge in [0, 0.05) is 26.9 Å². The van der Waals surface area contributed by atoms with Gasteiger partial charge in [-0.05, 0) is 65.0 Å². The summed E-state index contributed by atoms with van der Waals surface area (Å²) in [5.41, 5.74) is 2.11. The number of carbonyl (C=O) groups is 2. The maximum absolute atomic E-state index is 12.8. The Hall–Kier alpha value is -2.86. The average molecular weight is 457 g/mol. The van der Waals surface area contributed by atoms with Gasteiger partial charge in [0.25, 0.3) is 0 Å². The van der Waals surface area contributed by atoms with E-state index in [1.54, 1.807) is 66.0 Å². The molecule has 150 valence electrons. The Labute approximate surface area is 186 Å². The number of hydrogen-bond donors (Lipinski definition) is 1. The molecular weight excluding hydrogens is 443 g/mol. The second kappa shape index (κ2) is 8.48. The molecule has 0 aliphatic heterocycles. The highest BCUT2D eigenvalue weighted by Gasteiger charge is 2.23. The van der Waals surface area contributed by atoms with Crippen molar-refractivity contribution in [3.8, 4) is 21.8 Å². The fourth-order valence-electron chi connectivity index (χ4n) is 3.09. The predicted molar refractivity (Wildman–Crippen MR) is 119 cm³/mol. The maximum atomic E-state index is 12.8. The number of carbonyl (C=O) groups excluding carboxylic acids is 1. The van der Waals surface area contributed by atoms with Gasteiger partial charge in [-0.2, -0.15) is 0 Å². The minimum absolute atomic E-state index is 0.0701. The van der Waals surface area contributed by atoms with Gasteiger partial charge in [0.1, 0.15) is 5.76 Å². The summed E-state index contributed by atoms with van der Waals surface area (Å²) in [4.78, 5) is 25.3. The molecule has 7 heteroatoms. The summed E-state index contributed by atoms with van der Waals surface area (Å²) in [6, 6.07) is 17.3. The molecule has 0 saturated heterocycles. The molecule has 0 radical (unpaired) electrons. The molecule has 4 nitrogen and oxygen atoms in total. The summed E-state index contributed by atoms with van der Waals surface area (Å²) < 4.78 is 5.70.